The maximum absolute atomic E-state index is 12.7. The summed E-state index contributed by atoms with van der Waals surface area (Å²) in [6.07, 6.45) is 0. The number of rotatable bonds is 2. The number of nitrogens with one attached hydrogen (secondary N) is 1. The van der Waals surface area contributed by atoms with Gasteiger partial charge in [0.15, 0.2) is 0 Å². The predicted octanol–water partition coefficient (Wildman–Crippen LogP) is 2.48. The van der Waals surface area contributed by atoms with Crippen molar-refractivity contribution in [3.05, 3.63) is 52.0 Å². The summed E-state index contributed by atoms with van der Waals surface area (Å²) in [5.41, 5.74) is 1.01. The number of halogens is 1. The van der Waals surface area contributed by atoms with Crippen LogP contribution in [0.2, 0.25) is 0 Å². The maximum atomic E-state index is 12.7. The summed E-state index contributed by atoms with van der Waals surface area (Å²) in [7, 11) is 0. The summed E-state index contributed by atoms with van der Waals surface area (Å²) in [6.45, 7) is -0.213. The first-order chi connectivity index (χ1) is 9.19. The molecule has 0 saturated carbocycles. The average molecular weight is 275 g/mol. The number of aliphatic hydroxyl groups is 1. The number of thiophene rings is 1. The number of hydrogen-bond acceptors (Lipinski definition) is 3. The van der Waals surface area contributed by atoms with Crippen LogP contribution in [0.5, 0.6) is 0 Å². The van der Waals surface area contributed by atoms with Gasteiger partial charge in [-0.15, -0.1) is 11.3 Å². The Balaban J connectivity index is 2.07. The van der Waals surface area contributed by atoms with Crippen molar-refractivity contribution in [3.63, 3.8) is 0 Å². The summed E-state index contributed by atoms with van der Waals surface area (Å²) in [5, 5.41) is 12.9. The van der Waals surface area contributed by atoms with Gasteiger partial charge >= 0.3 is 0 Å². The van der Waals surface area contributed by atoms with Crippen molar-refractivity contribution in [1.29, 1.82) is 0 Å². The fourth-order valence-electron chi connectivity index (χ4n) is 1.38. The fraction of sp³-hybridized carbons (Fsp3) is 0.0714. The standard InChI is InChI=1S/C14H10FNO2S/c15-11-3-5-12(6-4-11)16-14(18)10-8-13(19-9-10)2-1-7-17/h3-6,8-9,17H,7H2,(H,16,18). The average Bonchev–Trinajstić information content (AvgIpc) is 2.88. The van der Waals surface area contributed by atoms with Crippen LogP contribution >= 0.6 is 11.3 Å². The number of benzene rings is 1. The van der Waals surface area contributed by atoms with E-state index < -0.39 is 0 Å². The molecule has 0 fully saturated rings. The van der Waals surface area contributed by atoms with Gasteiger partial charge in [0.1, 0.15) is 12.4 Å². The van der Waals surface area contributed by atoms with Crippen LogP contribution in [0.1, 0.15) is 15.2 Å². The minimum atomic E-state index is -0.352. The molecule has 1 heterocycles. The van der Waals surface area contributed by atoms with Gasteiger partial charge in [-0.25, -0.2) is 4.39 Å². The molecule has 1 aromatic carbocycles. The van der Waals surface area contributed by atoms with Gasteiger partial charge in [0.05, 0.1) is 10.4 Å². The third-order valence-electron chi connectivity index (χ3n) is 2.25. The summed E-state index contributed by atoms with van der Waals surface area (Å²) < 4.78 is 12.7. The maximum Gasteiger partial charge on any atom is 0.256 e. The Kier molecular flexibility index (Phi) is 4.29. The van der Waals surface area contributed by atoms with Gasteiger partial charge in [-0.05, 0) is 30.3 Å². The van der Waals surface area contributed by atoms with E-state index in [1.54, 1.807) is 11.4 Å². The molecular weight excluding hydrogens is 265 g/mol. The molecule has 0 atom stereocenters. The lowest BCUT2D eigenvalue weighted by molar-refractivity contribution is 0.102. The van der Waals surface area contributed by atoms with Crippen LogP contribution in [-0.4, -0.2) is 17.6 Å². The summed E-state index contributed by atoms with van der Waals surface area (Å²) in [5.74, 6) is 4.62. The minimum Gasteiger partial charge on any atom is -0.384 e. The molecule has 3 nitrogen and oxygen atoms in total. The number of amides is 1. The highest BCUT2D eigenvalue weighted by Gasteiger charge is 2.08. The van der Waals surface area contributed by atoms with E-state index in [1.165, 1.54) is 35.6 Å². The van der Waals surface area contributed by atoms with Gasteiger partial charge in [0, 0.05) is 11.1 Å². The van der Waals surface area contributed by atoms with Gasteiger partial charge in [0.2, 0.25) is 0 Å². The molecule has 2 rings (SSSR count). The number of aliphatic hydroxyl groups excluding tert-OH is 1. The van der Waals surface area contributed by atoms with Crippen molar-refractivity contribution in [2.45, 2.75) is 0 Å². The van der Waals surface area contributed by atoms with E-state index in [0.29, 0.717) is 16.1 Å². The normalized spacial score (nSPS) is 9.58. The van der Waals surface area contributed by atoms with Crippen LogP contribution in [0, 0.1) is 17.7 Å². The lowest BCUT2D eigenvalue weighted by Crippen LogP contribution is -2.10. The lowest BCUT2D eigenvalue weighted by Gasteiger charge is -2.02. The van der Waals surface area contributed by atoms with Crippen molar-refractivity contribution in [3.8, 4) is 11.8 Å². The van der Waals surface area contributed by atoms with Gasteiger partial charge in [-0.3, -0.25) is 4.79 Å². The van der Waals surface area contributed by atoms with Crippen molar-refractivity contribution >= 4 is 22.9 Å². The third-order valence-corrected chi connectivity index (χ3v) is 3.10. The summed E-state index contributed by atoms with van der Waals surface area (Å²) in [4.78, 5) is 12.6. The van der Waals surface area contributed by atoms with Gasteiger partial charge < -0.3 is 10.4 Å². The summed E-state index contributed by atoms with van der Waals surface area (Å²) in [6, 6.07) is 7.19. The molecule has 1 amide bonds. The molecule has 0 aliphatic carbocycles. The molecule has 2 N–H and O–H groups in total. The highest BCUT2D eigenvalue weighted by Crippen LogP contribution is 2.16. The molecule has 19 heavy (non-hydrogen) atoms. The smallest absolute Gasteiger partial charge is 0.256 e. The second-order valence-corrected chi connectivity index (χ2v) is 4.53. The quantitative estimate of drug-likeness (QED) is 0.827. The Bertz CT molecular complexity index is 637. The molecule has 0 aliphatic rings. The van der Waals surface area contributed by atoms with Crippen LogP contribution in [0.3, 0.4) is 0 Å². The third kappa shape index (κ3) is 3.65. The first-order valence-electron chi connectivity index (χ1n) is 5.44. The minimum absolute atomic E-state index is 0.213. The van der Waals surface area contributed by atoms with E-state index >= 15 is 0 Å². The van der Waals surface area contributed by atoms with E-state index in [1.807, 2.05) is 0 Å². The van der Waals surface area contributed by atoms with E-state index in [2.05, 4.69) is 17.2 Å². The molecule has 0 bridgehead atoms. The Morgan fingerprint density at radius 1 is 1.37 bits per heavy atom. The molecule has 0 spiro atoms. The number of carbonyl (C=O) groups is 1. The Morgan fingerprint density at radius 3 is 2.79 bits per heavy atom. The van der Waals surface area contributed by atoms with Crippen molar-refractivity contribution < 1.29 is 14.3 Å². The van der Waals surface area contributed by atoms with Crippen LogP contribution in [0.25, 0.3) is 0 Å². The highest BCUT2D eigenvalue weighted by molar-refractivity contribution is 7.10. The molecule has 0 unspecified atom stereocenters. The Morgan fingerprint density at radius 2 is 2.11 bits per heavy atom. The van der Waals surface area contributed by atoms with Crippen LogP contribution in [0.4, 0.5) is 10.1 Å². The molecule has 1 aromatic heterocycles. The van der Waals surface area contributed by atoms with E-state index in [-0.39, 0.29) is 18.3 Å². The Labute approximate surface area is 113 Å². The fourth-order valence-corrected chi connectivity index (χ4v) is 2.14. The zero-order valence-corrected chi connectivity index (χ0v) is 10.6. The lowest BCUT2D eigenvalue weighted by atomic mass is 10.2. The van der Waals surface area contributed by atoms with E-state index in [9.17, 15) is 9.18 Å². The number of hydrogen-bond donors (Lipinski definition) is 2. The Hall–Kier alpha value is -2.16. The zero-order chi connectivity index (χ0) is 13.7. The van der Waals surface area contributed by atoms with Crippen molar-refractivity contribution in [1.82, 2.24) is 0 Å². The van der Waals surface area contributed by atoms with Crippen molar-refractivity contribution in [2.24, 2.45) is 0 Å². The number of carbonyl (C=O) groups excluding carboxylic acids is 1. The molecule has 2 aromatic rings. The summed E-state index contributed by atoms with van der Waals surface area (Å²) >= 11 is 1.33. The SMILES string of the molecule is O=C(Nc1ccc(F)cc1)c1csc(C#CCO)c1. The van der Waals surface area contributed by atoms with Gasteiger partial charge in [0.25, 0.3) is 5.91 Å². The molecule has 0 saturated heterocycles. The second kappa shape index (κ2) is 6.14. The molecule has 5 heteroatoms. The molecule has 0 aliphatic heterocycles. The van der Waals surface area contributed by atoms with Crippen LogP contribution < -0.4 is 5.32 Å². The largest absolute Gasteiger partial charge is 0.384 e. The second-order valence-electron chi connectivity index (χ2n) is 3.62. The molecule has 96 valence electrons. The van der Waals surface area contributed by atoms with Crippen LogP contribution in [-0.2, 0) is 0 Å². The predicted molar refractivity (Wildman–Crippen MR) is 72.6 cm³/mol. The zero-order valence-electron chi connectivity index (χ0n) is 9.81. The number of anilines is 1. The van der Waals surface area contributed by atoms with E-state index in [4.69, 9.17) is 5.11 Å². The van der Waals surface area contributed by atoms with Gasteiger partial charge in [-0.1, -0.05) is 11.8 Å². The van der Waals surface area contributed by atoms with Crippen molar-refractivity contribution in [2.75, 3.05) is 11.9 Å². The molecule has 0 radical (unpaired) electrons. The first-order valence-corrected chi connectivity index (χ1v) is 6.32. The van der Waals surface area contributed by atoms with E-state index in [0.717, 1.165) is 0 Å². The highest BCUT2D eigenvalue weighted by atomic mass is 32.1. The monoisotopic (exact) mass is 275 g/mol. The van der Waals surface area contributed by atoms with Gasteiger partial charge in [-0.2, -0.15) is 0 Å². The van der Waals surface area contributed by atoms with Crippen LogP contribution in [0.15, 0.2) is 35.7 Å². The first kappa shape index (κ1) is 13.3. The molecular formula is C14H10FNO2S. The topological polar surface area (TPSA) is 49.3 Å².